The van der Waals surface area contributed by atoms with Crippen LogP contribution in [-0.4, -0.2) is 18.2 Å². The van der Waals surface area contributed by atoms with Gasteiger partial charge < -0.3 is 10.4 Å². The molecule has 76 valence electrons. The number of rotatable bonds is 1. The Balaban J connectivity index is 2.44. The van der Waals surface area contributed by atoms with Gasteiger partial charge in [0.25, 0.3) is 0 Å². The van der Waals surface area contributed by atoms with Crippen molar-refractivity contribution in [2.75, 3.05) is 13.1 Å². The van der Waals surface area contributed by atoms with Crippen LogP contribution >= 0.6 is 15.9 Å². The summed E-state index contributed by atoms with van der Waals surface area (Å²) in [5.74, 6) is -0.189. The standard InChI is InChI=1S/C10H11BrFNO/c11-7-1-2-8(12)9(10(7)14)6-3-4-13-5-6/h1-2,6,13-14H,3-5H2. The molecule has 0 radical (unpaired) electrons. The summed E-state index contributed by atoms with van der Waals surface area (Å²) in [5.41, 5.74) is 0.435. The van der Waals surface area contributed by atoms with Gasteiger partial charge in [0.15, 0.2) is 0 Å². The summed E-state index contributed by atoms with van der Waals surface area (Å²) < 4.78 is 14.0. The molecule has 4 heteroatoms. The smallest absolute Gasteiger partial charge is 0.136 e. The molecule has 0 amide bonds. The summed E-state index contributed by atoms with van der Waals surface area (Å²) in [7, 11) is 0. The van der Waals surface area contributed by atoms with Crippen LogP contribution < -0.4 is 5.32 Å². The van der Waals surface area contributed by atoms with E-state index in [9.17, 15) is 9.50 Å². The number of phenolic OH excluding ortho intramolecular Hbond substituents is 1. The van der Waals surface area contributed by atoms with E-state index in [1.807, 2.05) is 0 Å². The average molecular weight is 260 g/mol. The second-order valence-corrected chi connectivity index (χ2v) is 4.34. The van der Waals surface area contributed by atoms with Crippen molar-refractivity contribution in [2.24, 2.45) is 0 Å². The van der Waals surface area contributed by atoms with Crippen LogP contribution in [0.1, 0.15) is 17.9 Å². The highest BCUT2D eigenvalue weighted by atomic mass is 79.9. The summed E-state index contributed by atoms with van der Waals surface area (Å²) in [5, 5.41) is 12.9. The highest BCUT2D eigenvalue weighted by molar-refractivity contribution is 9.10. The van der Waals surface area contributed by atoms with Crippen molar-refractivity contribution < 1.29 is 9.50 Å². The van der Waals surface area contributed by atoms with Gasteiger partial charge >= 0.3 is 0 Å². The lowest BCUT2D eigenvalue weighted by molar-refractivity contribution is 0.447. The van der Waals surface area contributed by atoms with E-state index in [4.69, 9.17) is 0 Å². The van der Waals surface area contributed by atoms with Crippen LogP contribution in [0.15, 0.2) is 16.6 Å². The topological polar surface area (TPSA) is 32.3 Å². The Morgan fingerprint density at radius 3 is 2.93 bits per heavy atom. The maximum atomic E-state index is 13.5. The molecule has 1 fully saturated rings. The molecule has 0 spiro atoms. The summed E-state index contributed by atoms with van der Waals surface area (Å²) >= 11 is 3.19. The Kier molecular flexibility index (Phi) is 2.74. The molecule has 2 rings (SSSR count). The van der Waals surface area contributed by atoms with Crippen LogP contribution in [0.3, 0.4) is 0 Å². The maximum Gasteiger partial charge on any atom is 0.136 e. The van der Waals surface area contributed by atoms with Crippen molar-refractivity contribution in [3.05, 3.63) is 28.0 Å². The van der Waals surface area contributed by atoms with E-state index in [1.54, 1.807) is 0 Å². The van der Waals surface area contributed by atoms with Crippen molar-refractivity contribution >= 4 is 15.9 Å². The van der Waals surface area contributed by atoms with Crippen LogP contribution in [0.4, 0.5) is 4.39 Å². The lowest BCUT2D eigenvalue weighted by atomic mass is 9.97. The summed E-state index contributed by atoms with van der Waals surface area (Å²) in [4.78, 5) is 0. The van der Waals surface area contributed by atoms with Crippen molar-refractivity contribution in [3.63, 3.8) is 0 Å². The van der Waals surface area contributed by atoms with Crippen LogP contribution in [-0.2, 0) is 0 Å². The molecule has 0 saturated carbocycles. The molecule has 2 nitrogen and oxygen atoms in total. The van der Waals surface area contributed by atoms with Crippen LogP contribution in [0.25, 0.3) is 0 Å². The molecule has 0 aliphatic carbocycles. The highest BCUT2D eigenvalue weighted by Gasteiger charge is 2.24. The lowest BCUT2D eigenvalue weighted by Crippen LogP contribution is -2.09. The van der Waals surface area contributed by atoms with E-state index in [2.05, 4.69) is 21.2 Å². The molecule has 1 heterocycles. The van der Waals surface area contributed by atoms with E-state index < -0.39 is 0 Å². The Labute approximate surface area is 90.3 Å². The van der Waals surface area contributed by atoms with E-state index >= 15 is 0 Å². The normalized spacial score (nSPS) is 21.4. The number of hydrogen-bond acceptors (Lipinski definition) is 2. The molecule has 1 saturated heterocycles. The van der Waals surface area contributed by atoms with Gasteiger partial charge in [0.2, 0.25) is 0 Å². The zero-order valence-corrected chi connectivity index (χ0v) is 9.14. The zero-order chi connectivity index (χ0) is 10.1. The van der Waals surface area contributed by atoms with Gasteiger partial charge in [0.1, 0.15) is 11.6 Å². The third-order valence-corrected chi connectivity index (χ3v) is 3.22. The molecule has 2 N–H and O–H groups in total. The lowest BCUT2D eigenvalue weighted by Gasteiger charge is -2.13. The number of hydrogen-bond donors (Lipinski definition) is 2. The zero-order valence-electron chi connectivity index (χ0n) is 7.56. The Morgan fingerprint density at radius 1 is 1.50 bits per heavy atom. The first-order chi connectivity index (χ1) is 6.70. The molecule has 1 aromatic rings. The van der Waals surface area contributed by atoms with Crippen LogP contribution in [0, 0.1) is 5.82 Å². The van der Waals surface area contributed by atoms with E-state index in [0.29, 0.717) is 10.0 Å². The number of nitrogens with one attached hydrogen (secondary N) is 1. The van der Waals surface area contributed by atoms with Gasteiger partial charge in [-0.3, -0.25) is 0 Å². The number of phenols is 1. The fraction of sp³-hybridized carbons (Fsp3) is 0.400. The van der Waals surface area contributed by atoms with Gasteiger partial charge in [-0.15, -0.1) is 0 Å². The minimum absolute atomic E-state index is 0.0405. The molecule has 0 aromatic heterocycles. The van der Waals surface area contributed by atoms with Crippen LogP contribution in [0.5, 0.6) is 5.75 Å². The van der Waals surface area contributed by atoms with Gasteiger partial charge in [-0.25, -0.2) is 4.39 Å². The minimum Gasteiger partial charge on any atom is -0.506 e. The van der Waals surface area contributed by atoms with Gasteiger partial charge in [-0.05, 0) is 41.0 Å². The Bertz CT molecular complexity index is 350. The fourth-order valence-corrected chi connectivity index (χ4v) is 2.19. The minimum atomic E-state index is -0.320. The van der Waals surface area contributed by atoms with Gasteiger partial charge in [0.05, 0.1) is 4.47 Å². The Morgan fingerprint density at radius 2 is 2.29 bits per heavy atom. The van der Waals surface area contributed by atoms with Crippen molar-refractivity contribution in [1.29, 1.82) is 0 Å². The van der Waals surface area contributed by atoms with E-state index in [-0.39, 0.29) is 17.5 Å². The van der Waals surface area contributed by atoms with Gasteiger partial charge in [0, 0.05) is 18.0 Å². The number of benzene rings is 1. The van der Waals surface area contributed by atoms with Crippen molar-refractivity contribution in [3.8, 4) is 5.75 Å². The Hall–Kier alpha value is -0.610. The van der Waals surface area contributed by atoms with Crippen LogP contribution in [0.2, 0.25) is 0 Å². The summed E-state index contributed by atoms with van der Waals surface area (Å²) in [6.45, 7) is 1.62. The average Bonchev–Trinajstić information content (AvgIpc) is 2.65. The molecule has 1 aromatic carbocycles. The SMILES string of the molecule is Oc1c(Br)ccc(F)c1C1CCNC1. The first kappa shape index (κ1) is 9.93. The molecule has 1 atom stereocenters. The molecule has 14 heavy (non-hydrogen) atoms. The molecule has 1 unspecified atom stereocenters. The highest BCUT2D eigenvalue weighted by Crippen LogP contribution is 2.37. The maximum absolute atomic E-state index is 13.5. The van der Waals surface area contributed by atoms with Crippen molar-refractivity contribution in [2.45, 2.75) is 12.3 Å². The third-order valence-electron chi connectivity index (χ3n) is 2.58. The first-order valence-corrected chi connectivity index (χ1v) is 5.37. The molecular weight excluding hydrogens is 249 g/mol. The predicted molar refractivity (Wildman–Crippen MR) is 56.0 cm³/mol. The molecule has 1 aliphatic heterocycles. The summed E-state index contributed by atoms with van der Waals surface area (Å²) in [6, 6.07) is 2.91. The van der Waals surface area contributed by atoms with E-state index in [1.165, 1.54) is 12.1 Å². The number of aromatic hydroxyl groups is 1. The largest absolute Gasteiger partial charge is 0.506 e. The van der Waals surface area contributed by atoms with Gasteiger partial charge in [-0.2, -0.15) is 0 Å². The van der Waals surface area contributed by atoms with Crippen molar-refractivity contribution in [1.82, 2.24) is 5.32 Å². The molecule has 1 aliphatic rings. The molecule has 0 bridgehead atoms. The second-order valence-electron chi connectivity index (χ2n) is 3.48. The van der Waals surface area contributed by atoms with Gasteiger partial charge in [-0.1, -0.05) is 0 Å². The fourth-order valence-electron chi connectivity index (χ4n) is 1.85. The monoisotopic (exact) mass is 259 g/mol. The second kappa shape index (κ2) is 3.87. The summed E-state index contributed by atoms with van der Waals surface area (Å²) in [6.07, 6.45) is 0.876. The first-order valence-electron chi connectivity index (χ1n) is 4.57. The molecular formula is C10H11BrFNO. The predicted octanol–water partition coefficient (Wildman–Crippen LogP) is 2.37. The van der Waals surface area contributed by atoms with E-state index in [0.717, 1.165) is 19.5 Å². The number of halogens is 2. The quantitative estimate of drug-likeness (QED) is 0.812. The third kappa shape index (κ3) is 1.64.